The minimum atomic E-state index is -1.67. The summed E-state index contributed by atoms with van der Waals surface area (Å²) in [7, 11) is 8.59. The van der Waals surface area contributed by atoms with Gasteiger partial charge in [-0.1, -0.05) is 0 Å². The molecular formula is C23H18Cl2N4O9S. The summed E-state index contributed by atoms with van der Waals surface area (Å²) in [4.78, 5) is 51.0. The normalized spacial score (nSPS) is 10.2. The molecule has 2 aromatic carbocycles. The highest BCUT2D eigenvalue weighted by atomic mass is 36.0. The third-order valence-electron chi connectivity index (χ3n) is 4.86. The Morgan fingerprint density at radius 1 is 0.846 bits per heavy atom. The van der Waals surface area contributed by atoms with Crippen molar-refractivity contribution >= 4 is 75.7 Å². The number of nitro groups is 2. The average Bonchev–Trinajstić information content (AvgIpc) is 2.86. The number of halogens is 2. The molecule has 39 heavy (non-hydrogen) atoms. The standard InChI is InChI=1S/C12H10N2O4.C11H8N2O4.Cl2OS/c1-7-3-8-4-9(12(15)18-2)5-10(14(16)17)11(8)13-6-7;1-6-2-7-3-8(11(14)15)4-9(13(16)17)10(7)12-5-6;1-4(2)3/h3-6H,1-2H3;2-5H,1H3,(H,14,15);. The van der Waals surface area contributed by atoms with E-state index in [1.807, 2.05) is 6.92 Å². The lowest BCUT2D eigenvalue weighted by Gasteiger charge is -2.04. The van der Waals surface area contributed by atoms with Gasteiger partial charge < -0.3 is 9.84 Å². The van der Waals surface area contributed by atoms with E-state index in [4.69, 9.17) is 9.32 Å². The highest BCUT2D eigenvalue weighted by Crippen LogP contribution is 2.27. The second-order valence-electron chi connectivity index (χ2n) is 7.65. The van der Waals surface area contributed by atoms with Crippen LogP contribution < -0.4 is 0 Å². The van der Waals surface area contributed by atoms with Gasteiger partial charge in [-0.25, -0.2) is 23.8 Å². The van der Waals surface area contributed by atoms with E-state index in [-0.39, 0.29) is 33.5 Å². The highest BCUT2D eigenvalue weighted by molar-refractivity contribution is 8.26. The summed E-state index contributed by atoms with van der Waals surface area (Å²) < 4.78 is 13.7. The van der Waals surface area contributed by atoms with Gasteiger partial charge in [-0.15, -0.1) is 0 Å². The van der Waals surface area contributed by atoms with Gasteiger partial charge in [0.05, 0.1) is 28.1 Å². The number of esters is 1. The molecule has 0 amide bonds. The average molecular weight is 597 g/mol. The van der Waals surface area contributed by atoms with Crippen molar-refractivity contribution in [3.8, 4) is 0 Å². The lowest BCUT2D eigenvalue weighted by atomic mass is 10.1. The third-order valence-corrected chi connectivity index (χ3v) is 4.86. The SMILES string of the molecule is COC(=O)c1cc([N+](=O)[O-])c2ncc(C)cc2c1.Cc1cnc2c([N+](=O)[O-])cc(C(=O)O)cc2c1.O=S(Cl)Cl. The summed E-state index contributed by atoms with van der Waals surface area (Å²) in [6, 6.07) is 8.52. The Hall–Kier alpha value is -4.27. The zero-order chi connectivity index (χ0) is 29.4. The van der Waals surface area contributed by atoms with E-state index in [1.54, 1.807) is 25.3 Å². The van der Waals surface area contributed by atoms with Gasteiger partial charge in [-0.05, 0) is 49.2 Å². The molecule has 0 aliphatic heterocycles. The summed E-state index contributed by atoms with van der Waals surface area (Å²) in [6.07, 6.45) is 3.06. The fourth-order valence-electron chi connectivity index (χ4n) is 3.32. The molecule has 0 fully saturated rings. The number of hydrogen-bond donors (Lipinski definition) is 1. The molecule has 0 unspecified atom stereocenters. The van der Waals surface area contributed by atoms with Gasteiger partial charge in [0.1, 0.15) is 11.0 Å². The van der Waals surface area contributed by atoms with Gasteiger partial charge in [-0.2, -0.15) is 0 Å². The fourth-order valence-corrected chi connectivity index (χ4v) is 3.32. The number of aryl methyl sites for hydroxylation is 2. The fraction of sp³-hybridized carbons (Fsp3) is 0.130. The van der Waals surface area contributed by atoms with E-state index in [0.717, 1.165) is 17.2 Å². The molecule has 204 valence electrons. The Kier molecular flexibility index (Phi) is 10.7. The smallest absolute Gasteiger partial charge is 0.338 e. The number of aromatic carboxylic acids is 1. The van der Waals surface area contributed by atoms with Crippen LogP contribution in [0.25, 0.3) is 21.8 Å². The first-order chi connectivity index (χ1) is 18.2. The maximum absolute atomic E-state index is 11.5. The molecule has 1 N–H and O–H groups in total. The number of aromatic nitrogens is 2. The summed E-state index contributed by atoms with van der Waals surface area (Å²) >= 11 is 0. The minimum Gasteiger partial charge on any atom is -0.478 e. The first-order valence-corrected chi connectivity index (χ1v) is 13.2. The predicted molar refractivity (Wildman–Crippen MR) is 144 cm³/mol. The molecule has 0 aliphatic rings. The number of pyridine rings is 2. The third kappa shape index (κ3) is 8.36. The molecule has 13 nitrogen and oxygen atoms in total. The molecule has 0 bridgehead atoms. The zero-order valence-corrected chi connectivity index (χ0v) is 22.6. The number of carboxylic acid groups (broad SMARTS) is 1. The Morgan fingerprint density at radius 3 is 1.59 bits per heavy atom. The van der Waals surface area contributed by atoms with Gasteiger partial charge in [0.2, 0.25) is 9.23 Å². The molecule has 2 aromatic heterocycles. The van der Waals surface area contributed by atoms with Crippen molar-refractivity contribution in [3.05, 3.63) is 91.3 Å². The molecule has 0 atom stereocenters. The van der Waals surface area contributed by atoms with Gasteiger partial charge in [0, 0.05) is 56.7 Å². The van der Waals surface area contributed by atoms with Gasteiger partial charge in [0.15, 0.2) is 0 Å². The van der Waals surface area contributed by atoms with Crippen molar-refractivity contribution < 1.29 is 33.5 Å². The van der Waals surface area contributed by atoms with E-state index in [9.17, 15) is 29.8 Å². The number of ether oxygens (including phenoxy) is 1. The van der Waals surface area contributed by atoms with Crippen LogP contribution in [0.1, 0.15) is 31.8 Å². The minimum absolute atomic E-state index is 0.114. The molecule has 4 aromatic rings. The molecule has 0 spiro atoms. The number of carboxylic acids is 1. The molecule has 2 heterocycles. The molecule has 4 rings (SSSR count). The summed E-state index contributed by atoms with van der Waals surface area (Å²) in [6.45, 7) is 3.61. The number of nitrogens with zero attached hydrogens (tertiary/aromatic N) is 4. The number of carbonyl (C=O) groups is 2. The van der Waals surface area contributed by atoms with Crippen molar-refractivity contribution in [2.45, 2.75) is 13.8 Å². The van der Waals surface area contributed by atoms with Crippen molar-refractivity contribution in [1.29, 1.82) is 0 Å². The van der Waals surface area contributed by atoms with Crippen molar-refractivity contribution in [1.82, 2.24) is 9.97 Å². The van der Waals surface area contributed by atoms with E-state index < -0.39 is 31.0 Å². The maximum Gasteiger partial charge on any atom is 0.338 e. The number of nitro benzene ring substituents is 2. The lowest BCUT2D eigenvalue weighted by Crippen LogP contribution is -2.03. The van der Waals surface area contributed by atoms with Crippen LogP contribution in [-0.2, 0) is 14.0 Å². The molecule has 0 radical (unpaired) electrons. The van der Waals surface area contributed by atoms with Gasteiger partial charge in [-0.3, -0.25) is 20.2 Å². The van der Waals surface area contributed by atoms with Crippen LogP contribution in [0, 0.1) is 34.1 Å². The largest absolute Gasteiger partial charge is 0.478 e. The van der Waals surface area contributed by atoms with E-state index >= 15 is 0 Å². The van der Waals surface area contributed by atoms with Crippen molar-refractivity contribution in [2.24, 2.45) is 0 Å². The van der Waals surface area contributed by atoms with Gasteiger partial charge in [0.25, 0.3) is 11.4 Å². The summed E-state index contributed by atoms with van der Waals surface area (Å²) in [5.74, 6) is -1.81. The van der Waals surface area contributed by atoms with E-state index in [0.29, 0.717) is 10.8 Å². The Labute approximate surface area is 231 Å². The zero-order valence-electron chi connectivity index (χ0n) is 20.3. The van der Waals surface area contributed by atoms with Crippen LogP contribution in [0.3, 0.4) is 0 Å². The number of fused-ring (bicyclic) bond motifs is 2. The second kappa shape index (κ2) is 13.5. The number of carbonyl (C=O) groups excluding carboxylic acids is 1. The lowest BCUT2D eigenvalue weighted by molar-refractivity contribution is -0.383. The van der Waals surface area contributed by atoms with Crippen LogP contribution in [0.4, 0.5) is 11.4 Å². The number of hydrogen-bond acceptors (Lipinski definition) is 10. The summed E-state index contributed by atoms with van der Waals surface area (Å²) in [5.41, 5.74) is 1.67. The topological polar surface area (TPSA) is 193 Å². The van der Waals surface area contributed by atoms with Crippen molar-refractivity contribution in [2.75, 3.05) is 7.11 Å². The first kappa shape index (κ1) is 31.0. The molecule has 16 heteroatoms. The molecule has 0 saturated heterocycles. The first-order valence-electron chi connectivity index (χ1n) is 10.4. The molecule has 0 saturated carbocycles. The van der Waals surface area contributed by atoms with Crippen LogP contribution in [0.5, 0.6) is 0 Å². The van der Waals surface area contributed by atoms with Crippen LogP contribution in [-0.4, -0.2) is 48.2 Å². The van der Waals surface area contributed by atoms with Gasteiger partial charge >= 0.3 is 11.9 Å². The highest BCUT2D eigenvalue weighted by Gasteiger charge is 2.19. The Balaban J connectivity index is 0.000000241. The number of benzene rings is 2. The molecule has 0 aliphatic carbocycles. The van der Waals surface area contributed by atoms with Crippen molar-refractivity contribution in [3.63, 3.8) is 0 Å². The van der Waals surface area contributed by atoms with Crippen LogP contribution >= 0.6 is 21.4 Å². The molecular weight excluding hydrogens is 579 g/mol. The van der Waals surface area contributed by atoms with Crippen LogP contribution in [0.2, 0.25) is 0 Å². The van der Waals surface area contributed by atoms with Crippen LogP contribution in [0.15, 0.2) is 48.8 Å². The maximum atomic E-state index is 11.5. The quantitative estimate of drug-likeness (QED) is 0.136. The predicted octanol–water partition coefficient (Wildman–Crippen LogP) is 5.43. The Bertz CT molecular complexity index is 1630. The number of methoxy groups -OCH3 is 1. The monoisotopic (exact) mass is 596 g/mol. The second-order valence-corrected chi connectivity index (χ2v) is 10.2. The number of rotatable bonds is 4. The van der Waals surface area contributed by atoms with E-state index in [1.165, 1.54) is 31.5 Å². The van der Waals surface area contributed by atoms with E-state index in [2.05, 4.69) is 36.1 Å². The number of non-ortho nitro benzene ring substituents is 2. The summed E-state index contributed by atoms with van der Waals surface area (Å²) in [5, 5.41) is 31.7. The Morgan fingerprint density at radius 2 is 1.23 bits per heavy atom.